The number of aromatic nitrogens is 4. The highest BCUT2D eigenvalue weighted by molar-refractivity contribution is 6.19. The minimum atomic E-state index is 0.479. The van der Waals surface area contributed by atoms with Crippen LogP contribution >= 0.6 is 0 Å². The molecule has 518 valence electrons. The Bertz CT molecular complexity index is 8020. The second-order valence-electron chi connectivity index (χ2n) is 29.7. The number of para-hydroxylation sites is 8. The Balaban J connectivity index is 0.810. The first-order chi connectivity index (χ1) is 55.5. The summed E-state index contributed by atoms with van der Waals surface area (Å²) < 4.78 is 35.2. The van der Waals surface area contributed by atoms with Crippen LogP contribution in [0, 0.1) is 11.3 Å². The third-order valence-electron chi connectivity index (χ3n) is 23.8. The third-order valence-corrected chi connectivity index (χ3v) is 23.8. The molecule has 17 aromatic carbocycles. The van der Waals surface area contributed by atoms with Crippen LogP contribution in [0.2, 0.25) is 0 Å². The fourth-order valence-electron chi connectivity index (χ4n) is 18.8. The molecule has 0 unspecified atom stereocenters. The molecule has 0 N–H and O–H groups in total. The van der Waals surface area contributed by atoms with Crippen LogP contribution in [0.15, 0.2) is 363 Å². The van der Waals surface area contributed by atoms with E-state index >= 15 is 0 Å². The summed E-state index contributed by atoms with van der Waals surface area (Å²) in [6, 6.07) is 127. The molecule has 0 fully saturated rings. The Morgan fingerprint density at radius 1 is 0.179 bits per heavy atom. The number of hydrogen-bond donors (Lipinski definition) is 0. The Labute approximate surface area is 636 Å². The SMILES string of the molecule is N#Cc1c(-n2c3ccccc3c3cc(-c4ccc5oc6ccccc6c5c4)ccc32)c(-n2c3ccccc3c3cc(-c4ccc5oc6ccccc6c5c4)ccc32)cc(-n2c3ccccc3c3cc(-c4ccc5oc6ccccc6c5c4)ccc32)c1-n1c2ccccc2c2cc(-c3ccc4oc5ccccc5c4c3)ccc21. The Hall–Kier alpha value is -15.4. The monoisotopic (exact) mass is 1430 g/mol. The van der Waals surface area contributed by atoms with Gasteiger partial charge in [0, 0.05) is 86.2 Å². The van der Waals surface area contributed by atoms with Gasteiger partial charge in [0.05, 0.1) is 66.9 Å². The summed E-state index contributed by atoms with van der Waals surface area (Å²) in [6.45, 7) is 0. The van der Waals surface area contributed by atoms with Crippen molar-refractivity contribution in [1.82, 2.24) is 18.3 Å². The zero-order valence-corrected chi connectivity index (χ0v) is 59.8. The number of nitriles is 1. The number of nitrogens with zero attached hydrogens (tertiary/aromatic N) is 5. The summed E-state index contributed by atoms with van der Waals surface area (Å²) in [6.07, 6.45) is 0. The number of rotatable bonds is 8. The maximum absolute atomic E-state index is 13.4. The molecule has 0 aliphatic rings. The van der Waals surface area contributed by atoms with Crippen LogP contribution < -0.4 is 0 Å². The van der Waals surface area contributed by atoms with Gasteiger partial charge in [-0.05, 0) is 196 Å². The molecule has 0 aliphatic carbocycles. The fraction of sp³-hybridized carbons (Fsp3) is 0. The number of fused-ring (bicyclic) bond motifs is 24. The quantitative estimate of drug-likeness (QED) is 0.151. The van der Waals surface area contributed by atoms with Crippen molar-refractivity contribution >= 4 is 175 Å². The number of hydrogen-bond acceptors (Lipinski definition) is 5. The average Bonchev–Trinajstić information content (AvgIpc) is 1.51. The molecule has 8 aromatic heterocycles. The average molecular weight is 1430 g/mol. The van der Waals surface area contributed by atoms with Gasteiger partial charge < -0.3 is 35.9 Å². The number of benzene rings is 17. The maximum Gasteiger partial charge on any atom is 0.135 e. The van der Waals surface area contributed by atoms with Gasteiger partial charge in [0.2, 0.25) is 0 Å². The molecule has 8 heterocycles. The fourth-order valence-corrected chi connectivity index (χ4v) is 18.8. The van der Waals surface area contributed by atoms with Gasteiger partial charge in [-0.15, -0.1) is 0 Å². The molecule has 0 atom stereocenters. The van der Waals surface area contributed by atoms with Crippen LogP contribution in [0.5, 0.6) is 0 Å². The summed E-state index contributed by atoms with van der Waals surface area (Å²) in [5, 5.41) is 30.5. The first-order valence-electron chi connectivity index (χ1n) is 37.9. The molecule has 9 nitrogen and oxygen atoms in total. The van der Waals surface area contributed by atoms with E-state index in [2.05, 4.69) is 322 Å². The second-order valence-corrected chi connectivity index (χ2v) is 29.7. The lowest BCUT2D eigenvalue weighted by molar-refractivity contribution is 0.668. The van der Waals surface area contributed by atoms with Crippen molar-refractivity contribution in [3.8, 4) is 73.3 Å². The molecule has 0 radical (unpaired) electrons. The van der Waals surface area contributed by atoms with E-state index in [0.717, 1.165) is 242 Å². The van der Waals surface area contributed by atoms with Gasteiger partial charge in [-0.3, -0.25) is 0 Å². The van der Waals surface area contributed by atoms with Gasteiger partial charge in [-0.2, -0.15) is 5.26 Å². The molecule has 0 amide bonds. The topological polar surface area (TPSA) is 96.1 Å². The molecule has 0 bridgehead atoms. The largest absolute Gasteiger partial charge is 0.456 e. The highest BCUT2D eigenvalue weighted by Gasteiger charge is 2.32. The predicted molar refractivity (Wildman–Crippen MR) is 459 cm³/mol. The van der Waals surface area contributed by atoms with Crippen LogP contribution in [0.3, 0.4) is 0 Å². The van der Waals surface area contributed by atoms with Crippen molar-refractivity contribution in [3.63, 3.8) is 0 Å². The van der Waals surface area contributed by atoms with E-state index in [1.165, 1.54) is 0 Å². The summed E-state index contributed by atoms with van der Waals surface area (Å²) in [5.41, 5.74) is 26.7. The van der Waals surface area contributed by atoms with Crippen molar-refractivity contribution in [3.05, 3.63) is 351 Å². The van der Waals surface area contributed by atoms with E-state index in [1.807, 2.05) is 48.5 Å². The molecule has 112 heavy (non-hydrogen) atoms. The third kappa shape index (κ3) is 8.60. The molecule has 0 saturated carbocycles. The maximum atomic E-state index is 13.4. The smallest absolute Gasteiger partial charge is 0.135 e. The van der Waals surface area contributed by atoms with Crippen molar-refractivity contribution in [1.29, 1.82) is 5.26 Å². The van der Waals surface area contributed by atoms with Crippen LogP contribution in [-0.2, 0) is 0 Å². The van der Waals surface area contributed by atoms with Gasteiger partial charge in [0.15, 0.2) is 0 Å². The normalized spacial score (nSPS) is 12.3. The molecule has 9 heteroatoms. The van der Waals surface area contributed by atoms with Crippen molar-refractivity contribution in [2.75, 3.05) is 0 Å². The Kier molecular flexibility index (Phi) is 12.4. The van der Waals surface area contributed by atoms with E-state index in [4.69, 9.17) is 17.7 Å². The lowest BCUT2D eigenvalue weighted by Gasteiger charge is -2.25. The van der Waals surface area contributed by atoms with Crippen molar-refractivity contribution in [2.24, 2.45) is 0 Å². The zero-order valence-electron chi connectivity index (χ0n) is 59.8. The lowest BCUT2D eigenvalue weighted by atomic mass is 10.00. The van der Waals surface area contributed by atoms with Crippen LogP contribution in [0.1, 0.15) is 5.56 Å². The highest BCUT2D eigenvalue weighted by Crippen LogP contribution is 2.50. The number of furan rings is 4. The second kappa shape index (κ2) is 22.8. The molecule has 25 aromatic rings. The zero-order chi connectivity index (χ0) is 73.1. The molecule has 0 saturated heterocycles. The molecule has 0 aliphatic heterocycles. The summed E-state index contributed by atoms with van der Waals surface area (Å²) in [5.74, 6) is 0. The molecule has 25 rings (SSSR count). The van der Waals surface area contributed by atoms with Crippen LogP contribution in [0.4, 0.5) is 0 Å². The van der Waals surface area contributed by atoms with Crippen molar-refractivity contribution < 1.29 is 17.7 Å². The van der Waals surface area contributed by atoms with E-state index in [1.54, 1.807) is 0 Å². The lowest BCUT2D eigenvalue weighted by Crippen LogP contribution is -2.13. The van der Waals surface area contributed by atoms with Gasteiger partial charge in [-0.25, -0.2) is 0 Å². The Morgan fingerprint density at radius 3 is 0.661 bits per heavy atom. The van der Waals surface area contributed by atoms with Crippen LogP contribution in [-0.4, -0.2) is 18.3 Å². The molecular weight excluding hydrogens is 1370 g/mol. The van der Waals surface area contributed by atoms with Gasteiger partial charge in [0.1, 0.15) is 56.3 Å². The molecular formula is C103H57N5O4. The minimum absolute atomic E-state index is 0.479. The highest BCUT2D eigenvalue weighted by atomic mass is 16.3. The van der Waals surface area contributed by atoms with E-state index < -0.39 is 0 Å². The predicted octanol–water partition coefficient (Wildman–Crippen LogP) is 28.2. The summed E-state index contributed by atoms with van der Waals surface area (Å²) in [7, 11) is 0. The van der Waals surface area contributed by atoms with Gasteiger partial charge in [0.25, 0.3) is 0 Å². The summed E-state index contributed by atoms with van der Waals surface area (Å²) >= 11 is 0. The van der Waals surface area contributed by atoms with E-state index in [-0.39, 0.29) is 0 Å². The van der Waals surface area contributed by atoms with E-state index in [0.29, 0.717) is 5.56 Å². The van der Waals surface area contributed by atoms with E-state index in [9.17, 15) is 5.26 Å². The first-order valence-corrected chi connectivity index (χ1v) is 37.9. The molecule has 0 spiro atoms. The standard InChI is InChI=1S/C103H57N5O4/c104-58-83-102(107-86-27-11-3-19-69(86)77-51-61(35-43-90(77)107)65-39-47-100-81(55-65)73-23-7-15-31-96(73)111-100)92(105-84-25-9-1-17-67(84)75-49-59(33-41-88(75)105)63-37-45-98-79(53-63)71-21-5-13-29-94(71)109-98)57-93(106-85-26-10-2-18-68(85)76-50-60(34-42-89(76)106)64-38-46-99-80(54-64)72-22-6-14-30-95(72)110-99)103(83)108-87-28-12-4-20-70(87)78-52-62(36-44-91(78)108)66-40-48-101-82(56-66)74-24-8-16-32-97(74)112-101/h1-57H. The Morgan fingerprint density at radius 2 is 0.384 bits per heavy atom. The first kappa shape index (κ1) is 60.7. The van der Waals surface area contributed by atoms with Gasteiger partial charge in [-0.1, -0.05) is 194 Å². The minimum Gasteiger partial charge on any atom is -0.456 e. The van der Waals surface area contributed by atoms with Gasteiger partial charge >= 0.3 is 0 Å². The summed E-state index contributed by atoms with van der Waals surface area (Å²) in [4.78, 5) is 0. The van der Waals surface area contributed by atoms with Crippen molar-refractivity contribution in [2.45, 2.75) is 0 Å². The van der Waals surface area contributed by atoms with Crippen LogP contribution in [0.25, 0.3) is 242 Å².